The van der Waals surface area contributed by atoms with Gasteiger partial charge in [0.15, 0.2) is 5.78 Å². The molecule has 1 aromatic rings. The van der Waals surface area contributed by atoms with E-state index in [9.17, 15) is 9.59 Å². The monoisotopic (exact) mass is 241 g/mol. The highest BCUT2D eigenvalue weighted by atomic mass is 16.2. The van der Waals surface area contributed by atoms with Crippen LogP contribution in [0.2, 0.25) is 0 Å². The van der Waals surface area contributed by atoms with Crippen LogP contribution < -0.4 is 0 Å². The van der Waals surface area contributed by atoms with Gasteiger partial charge in [-0.15, -0.1) is 0 Å². The van der Waals surface area contributed by atoms with Crippen LogP contribution in [-0.4, -0.2) is 29.7 Å². The first kappa shape index (κ1) is 11.2. The van der Waals surface area contributed by atoms with Crippen LogP contribution in [0.25, 0.3) is 0 Å². The minimum absolute atomic E-state index is 0.0371. The van der Waals surface area contributed by atoms with Crippen LogP contribution in [0.5, 0.6) is 0 Å². The molecule has 1 aliphatic carbocycles. The van der Waals surface area contributed by atoms with Crippen molar-refractivity contribution >= 4 is 11.7 Å². The SMILES string of the molecule is CN1C(=O)C[C@@]2(c3ccccc3)C=CC(=O)C[C@@H]12. The van der Waals surface area contributed by atoms with Crippen LogP contribution in [-0.2, 0) is 15.0 Å². The van der Waals surface area contributed by atoms with Crippen LogP contribution in [0.1, 0.15) is 18.4 Å². The van der Waals surface area contributed by atoms with Gasteiger partial charge in [0.05, 0.1) is 6.04 Å². The number of amides is 1. The van der Waals surface area contributed by atoms with Crippen molar-refractivity contribution in [3.05, 3.63) is 48.0 Å². The molecular formula is C15H15NO2. The van der Waals surface area contributed by atoms with Gasteiger partial charge in [-0.3, -0.25) is 9.59 Å². The number of nitrogens with zero attached hydrogens (tertiary/aromatic N) is 1. The highest BCUT2D eigenvalue weighted by Crippen LogP contribution is 2.44. The number of ketones is 1. The van der Waals surface area contributed by atoms with Gasteiger partial charge in [-0.1, -0.05) is 36.4 Å². The molecule has 1 saturated heterocycles. The van der Waals surface area contributed by atoms with Crippen molar-refractivity contribution in [3.63, 3.8) is 0 Å². The fourth-order valence-electron chi connectivity index (χ4n) is 3.14. The first-order valence-electron chi connectivity index (χ1n) is 6.17. The van der Waals surface area contributed by atoms with E-state index in [1.165, 1.54) is 0 Å². The van der Waals surface area contributed by atoms with Crippen LogP contribution >= 0.6 is 0 Å². The van der Waals surface area contributed by atoms with Crippen LogP contribution in [0.4, 0.5) is 0 Å². The van der Waals surface area contributed by atoms with Crippen molar-refractivity contribution in [2.45, 2.75) is 24.3 Å². The minimum Gasteiger partial charge on any atom is -0.341 e. The average Bonchev–Trinajstić information content (AvgIpc) is 2.65. The molecule has 1 aliphatic heterocycles. The molecule has 0 N–H and O–H groups in total. The Balaban J connectivity index is 2.15. The zero-order chi connectivity index (χ0) is 12.8. The van der Waals surface area contributed by atoms with E-state index < -0.39 is 0 Å². The third kappa shape index (κ3) is 1.43. The summed E-state index contributed by atoms with van der Waals surface area (Å²) in [5, 5.41) is 0. The van der Waals surface area contributed by atoms with Gasteiger partial charge in [0.2, 0.25) is 5.91 Å². The number of carbonyl (C=O) groups is 2. The molecule has 0 spiro atoms. The summed E-state index contributed by atoms with van der Waals surface area (Å²) in [5.41, 5.74) is 0.803. The number of fused-ring (bicyclic) bond motifs is 1. The fraction of sp³-hybridized carbons (Fsp3) is 0.333. The molecule has 1 heterocycles. The smallest absolute Gasteiger partial charge is 0.223 e. The second-order valence-corrected chi connectivity index (χ2v) is 5.11. The number of carbonyl (C=O) groups excluding carboxylic acids is 2. The summed E-state index contributed by atoms with van der Waals surface area (Å²) in [6.45, 7) is 0. The summed E-state index contributed by atoms with van der Waals surface area (Å²) in [6, 6.07) is 9.97. The molecule has 0 aromatic heterocycles. The van der Waals surface area contributed by atoms with Crippen LogP contribution in [0, 0.1) is 0 Å². The molecule has 1 amide bonds. The van der Waals surface area contributed by atoms with E-state index in [4.69, 9.17) is 0 Å². The number of hydrogen-bond donors (Lipinski definition) is 0. The van der Waals surface area contributed by atoms with Crippen molar-refractivity contribution in [2.75, 3.05) is 7.05 Å². The first-order valence-corrected chi connectivity index (χ1v) is 6.17. The molecule has 92 valence electrons. The maximum Gasteiger partial charge on any atom is 0.223 e. The molecule has 2 aliphatic rings. The number of likely N-dealkylation sites (tertiary alicyclic amines) is 1. The fourth-order valence-corrected chi connectivity index (χ4v) is 3.14. The van der Waals surface area contributed by atoms with E-state index in [0.29, 0.717) is 12.8 Å². The van der Waals surface area contributed by atoms with Gasteiger partial charge in [0.25, 0.3) is 0 Å². The molecule has 3 nitrogen and oxygen atoms in total. The standard InChI is InChI=1S/C15H15NO2/c1-16-13-9-12(17)7-8-15(13,10-14(16)18)11-5-3-2-4-6-11/h2-8,13H,9-10H2,1H3/t13-,15-/m1/s1. The van der Waals surface area contributed by atoms with Gasteiger partial charge in [-0.05, 0) is 11.6 Å². The van der Waals surface area contributed by atoms with Gasteiger partial charge in [-0.2, -0.15) is 0 Å². The van der Waals surface area contributed by atoms with Gasteiger partial charge in [-0.25, -0.2) is 0 Å². The van der Waals surface area contributed by atoms with E-state index in [1.54, 1.807) is 18.0 Å². The molecule has 1 fully saturated rings. The Morgan fingerprint density at radius 1 is 1.22 bits per heavy atom. The summed E-state index contributed by atoms with van der Waals surface area (Å²) >= 11 is 0. The summed E-state index contributed by atoms with van der Waals surface area (Å²) in [4.78, 5) is 25.3. The second kappa shape index (κ2) is 3.80. The largest absolute Gasteiger partial charge is 0.341 e. The number of hydrogen-bond acceptors (Lipinski definition) is 2. The van der Waals surface area contributed by atoms with Gasteiger partial charge < -0.3 is 4.90 Å². The van der Waals surface area contributed by atoms with Gasteiger partial charge in [0.1, 0.15) is 0 Å². The summed E-state index contributed by atoms with van der Waals surface area (Å²) in [5.74, 6) is 0.219. The topological polar surface area (TPSA) is 37.4 Å². The summed E-state index contributed by atoms with van der Waals surface area (Å²) in [7, 11) is 1.80. The van der Waals surface area contributed by atoms with Gasteiger partial charge in [0, 0.05) is 25.3 Å². The lowest BCUT2D eigenvalue weighted by Crippen LogP contribution is -2.43. The lowest BCUT2D eigenvalue weighted by atomic mass is 9.70. The van der Waals surface area contributed by atoms with Crippen molar-refractivity contribution in [3.8, 4) is 0 Å². The minimum atomic E-state index is -0.318. The summed E-state index contributed by atoms with van der Waals surface area (Å²) < 4.78 is 0. The molecule has 18 heavy (non-hydrogen) atoms. The lowest BCUT2D eigenvalue weighted by Gasteiger charge is -2.36. The predicted octanol–water partition coefficient (Wildman–Crippen LogP) is 1.68. The van der Waals surface area contributed by atoms with Crippen molar-refractivity contribution in [2.24, 2.45) is 0 Å². The maximum absolute atomic E-state index is 12.0. The zero-order valence-electron chi connectivity index (χ0n) is 10.3. The van der Waals surface area contributed by atoms with E-state index in [2.05, 4.69) is 0 Å². The third-order valence-corrected chi connectivity index (χ3v) is 4.17. The molecule has 0 unspecified atom stereocenters. The average molecular weight is 241 g/mol. The lowest BCUT2D eigenvalue weighted by molar-refractivity contribution is -0.128. The molecule has 3 heteroatoms. The van der Waals surface area contributed by atoms with E-state index in [0.717, 1.165) is 5.56 Å². The Morgan fingerprint density at radius 2 is 1.94 bits per heavy atom. The molecule has 2 atom stereocenters. The van der Waals surface area contributed by atoms with Crippen molar-refractivity contribution < 1.29 is 9.59 Å². The Hall–Kier alpha value is -1.90. The predicted molar refractivity (Wildman–Crippen MR) is 68.1 cm³/mol. The third-order valence-electron chi connectivity index (χ3n) is 4.17. The molecule has 0 bridgehead atoms. The number of allylic oxidation sites excluding steroid dienone is 1. The Morgan fingerprint density at radius 3 is 2.67 bits per heavy atom. The molecular weight excluding hydrogens is 226 g/mol. The first-order chi connectivity index (χ1) is 8.63. The van der Waals surface area contributed by atoms with E-state index in [1.807, 2.05) is 36.4 Å². The quantitative estimate of drug-likeness (QED) is 0.750. The maximum atomic E-state index is 12.0. The second-order valence-electron chi connectivity index (χ2n) is 5.11. The Bertz CT molecular complexity index is 535. The normalized spacial score (nSPS) is 30.7. The Labute approximate surface area is 106 Å². The van der Waals surface area contributed by atoms with Crippen LogP contribution in [0.15, 0.2) is 42.5 Å². The molecule has 1 aromatic carbocycles. The van der Waals surface area contributed by atoms with Crippen LogP contribution in [0.3, 0.4) is 0 Å². The van der Waals surface area contributed by atoms with E-state index in [-0.39, 0.29) is 23.1 Å². The van der Waals surface area contributed by atoms with Gasteiger partial charge >= 0.3 is 0 Å². The summed E-state index contributed by atoms with van der Waals surface area (Å²) in [6.07, 6.45) is 4.45. The highest BCUT2D eigenvalue weighted by molar-refractivity contribution is 5.94. The van der Waals surface area contributed by atoms with Crippen molar-refractivity contribution in [1.29, 1.82) is 0 Å². The number of benzene rings is 1. The zero-order valence-corrected chi connectivity index (χ0v) is 10.3. The number of rotatable bonds is 1. The van der Waals surface area contributed by atoms with Crippen molar-refractivity contribution in [1.82, 2.24) is 4.90 Å². The van der Waals surface area contributed by atoms with E-state index >= 15 is 0 Å². The molecule has 0 saturated carbocycles. The molecule has 3 rings (SSSR count). The molecule has 0 radical (unpaired) electrons. The highest BCUT2D eigenvalue weighted by Gasteiger charge is 2.51. The Kier molecular flexibility index (Phi) is 2.37. The number of likely N-dealkylation sites (N-methyl/N-ethyl adjacent to an activating group) is 1.